The fourth-order valence-electron chi connectivity index (χ4n) is 3.58. The summed E-state index contributed by atoms with van der Waals surface area (Å²) >= 11 is 13.5. The zero-order valence-corrected chi connectivity index (χ0v) is 22.5. The van der Waals surface area contributed by atoms with Crippen LogP contribution in [0.15, 0.2) is 76.6 Å². The molecule has 0 N–H and O–H groups in total. The molecule has 1 heterocycles. The predicted octanol–water partition coefficient (Wildman–Crippen LogP) is 7.98. The van der Waals surface area contributed by atoms with Gasteiger partial charge in [-0.1, -0.05) is 53.5 Å². The molecular weight excluding hydrogens is 515 g/mol. The third-order valence-corrected chi connectivity index (χ3v) is 7.00. The molecule has 1 fully saturated rings. The summed E-state index contributed by atoms with van der Waals surface area (Å²) in [5.41, 5.74) is 2.53. The van der Waals surface area contributed by atoms with Gasteiger partial charge in [0.1, 0.15) is 6.61 Å². The lowest BCUT2D eigenvalue weighted by Crippen LogP contribution is -2.35. The molecule has 1 aliphatic rings. The van der Waals surface area contributed by atoms with Gasteiger partial charge in [-0.15, -0.1) is 0 Å². The van der Waals surface area contributed by atoms with Crippen molar-refractivity contribution in [3.05, 3.63) is 92.8 Å². The molecule has 1 saturated heterocycles. The fourth-order valence-corrected chi connectivity index (χ4v) is 5.02. The van der Waals surface area contributed by atoms with Gasteiger partial charge in [-0.2, -0.15) is 0 Å². The maximum absolute atomic E-state index is 13.2. The number of amidine groups is 1. The number of halogens is 2. The number of carbonyl (C=O) groups excluding carboxylic acids is 1. The first-order valence-electron chi connectivity index (χ1n) is 11.6. The highest BCUT2D eigenvalue weighted by atomic mass is 35.5. The summed E-state index contributed by atoms with van der Waals surface area (Å²) in [5.74, 6) is 1.13. The topological polar surface area (TPSA) is 51.1 Å². The van der Waals surface area contributed by atoms with E-state index in [1.165, 1.54) is 11.8 Å². The van der Waals surface area contributed by atoms with E-state index < -0.39 is 0 Å². The number of benzene rings is 3. The maximum Gasteiger partial charge on any atom is 0.266 e. The normalized spacial score (nSPS) is 15.8. The first kappa shape index (κ1) is 26.1. The Morgan fingerprint density at radius 3 is 2.44 bits per heavy atom. The van der Waals surface area contributed by atoms with Gasteiger partial charge < -0.3 is 9.47 Å². The molecule has 1 aliphatic heterocycles. The Bertz CT molecular complexity index is 1310. The Balaban J connectivity index is 1.58. The molecule has 186 valence electrons. The molecule has 5 nitrogen and oxygen atoms in total. The minimum atomic E-state index is -0.0671. The summed E-state index contributed by atoms with van der Waals surface area (Å²) in [4.78, 5) is 20.3. The van der Waals surface area contributed by atoms with E-state index in [0.29, 0.717) is 44.8 Å². The van der Waals surface area contributed by atoms with E-state index >= 15 is 0 Å². The SMILES string of the molecule is CCOc1cc(/C=C2/SC(=Nc3ccccc3)N(C(C)C)C2=O)ccc1OCc1ccc(Cl)c(Cl)c1. The molecule has 1 amide bonds. The molecule has 0 saturated carbocycles. The van der Waals surface area contributed by atoms with Gasteiger partial charge >= 0.3 is 0 Å². The molecule has 0 atom stereocenters. The van der Waals surface area contributed by atoms with Crippen molar-refractivity contribution in [2.24, 2.45) is 4.99 Å². The van der Waals surface area contributed by atoms with Crippen LogP contribution in [-0.2, 0) is 11.4 Å². The number of hydrogen-bond acceptors (Lipinski definition) is 5. The van der Waals surface area contributed by atoms with E-state index in [-0.39, 0.29) is 11.9 Å². The minimum Gasteiger partial charge on any atom is -0.490 e. The zero-order valence-electron chi connectivity index (χ0n) is 20.2. The monoisotopic (exact) mass is 540 g/mol. The van der Waals surface area contributed by atoms with Crippen LogP contribution in [0, 0.1) is 0 Å². The first-order chi connectivity index (χ1) is 17.4. The quantitative estimate of drug-likeness (QED) is 0.271. The van der Waals surface area contributed by atoms with Gasteiger partial charge in [-0.25, -0.2) is 4.99 Å². The number of nitrogens with zero attached hydrogens (tertiary/aromatic N) is 2. The number of para-hydroxylation sites is 1. The highest BCUT2D eigenvalue weighted by Crippen LogP contribution is 2.37. The summed E-state index contributed by atoms with van der Waals surface area (Å²) < 4.78 is 11.8. The van der Waals surface area contributed by atoms with Gasteiger partial charge in [0.15, 0.2) is 16.7 Å². The van der Waals surface area contributed by atoms with Crippen molar-refractivity contribution < 1.29 is 14.3 Å². The molecule has 4 rings (SSSR count). The smallest absolute Gasteiger partial charge is 0.266 e. The summed E-state index contributed by atoms with van der Waals surface area (Å²) in [7, 11) is 0. The van der Waals surface area contributed by atoms with Crippen molar-refractivity contribution in [1.82, 2.24) is 4.90 Å². The lowest BCUT2D eigenvalue weighted by atomic mass is 10.1. The van der Waals surface area contributed by atoms with E-state index in [1.54, 1.807) is 17.0 Å². The van der Waals surface area contributed by atoms with Crippen LogP contribution >= 0.6 is 35.0 Å². The summed E-state index contributed by atoms with van der Waals surface area (Å²) in [6, 6.07) is 20.6. The molecule has 0 unspecified atom stereocenters. The van der Waals surface area contributed by atoms with Crippen LogP contribution in [0.3, 0.4) is 0 Å². The Labute approximate surface area is 225 Å². The molecule has 36 heavy (non-hydrogen) atoms. The molecule has 0 spiro atoms. The van der Waals surface area contributed by atoms with Crippen LogP contribution in [0.25, 0.3) is 6.08 Å². The molecular formula is C28H26Cl2N2O3S. The third-order valence-electron chi connectivity index (χ3n) is 5.28. The third kappa shape index (κ3) is 6.25. The van der Waals surface area contributed by atoms with Gasteiger partial charge in [0, 0.05) is 6.04 Å². The molecule has 0 aromatic heterocycles. The highest BCUT2D eigenvalue weighted by molar-refractivity contribution is 8.18. The first-order valence-corrected chi connectivity index (χ1v) is 13.1. The predicted molar refractivity (Wildman–Crippen MR) is 149 cm³/mol. The molecule has 3 aromatic carbocycles. The van der Waals surface area contributed by atoms with Gasteiger partial charge in [-0.3, -0.25) is 9.69 Å². The second-order valence-corrected chi connectivity index (χ2v) is 10.1. The Morgan fingerprint density at radius 1 is 0.972 bits per heavy atom. The lowest BCUT2D eigenvalue weighted by molar-refractivity contribution is -0.123. The molecule has 3 aromatic rings. The van der Waals surface area contributed by atoms with Gasteiger partial charge in [0.25, 0.3) is 5.91 Å². The molecule has 8 heteroatoms. The minimum absolute atomic E-state index is 0.0190. The largest absolute Gasteiger partial charge is 0.490 e. The second kappa shape index (κ2) is 11.9. The average molecular weight is 542 g/mol. The number of aliphatic imine (C=N–C) groups is 1. The van der Waals surface area contributed by atoms with Gasteiger partial charge in [0.2, 0.25) is 0 Å². The van der Waals surface area contributed by atoms with E-state index in [2.05, 4.69) is 0 Å². The number of carbonyl (C=O) groups is 1. The highest BCUT2D eigenvalue weighted by Gasteiger charge is 2.35. The van der Waals surface area contributed by atoms with Crippen molar-refractivity contribution in [3.63, 3.8) is 0 Å². The molecule has 0 radical (unpaired) electrons. The Kier molecular flexibility index (Phi) is 8.62. The van der Waals surface area contributed by atoms with E-state index in [9.17, 15) is 4.79 Å². The van der Waals surface area contributed by atoms with Crippen molar-refractivity contribution in [3.8, 4) is 11.5 Å². The van der Waals surface area contributed by atoms with Crippen LogP contribution in [0.4, 0.5) is 5.69 Å². The van der Waals surface area contributed by atoms with Crippen molar-refractivity contribution in [1.29, 1.82) is 0 Å². The number of thioether (sulfide) groups is 1. The van der Waals surface area contributed by atoms with Crippen LogP contribution < -0.4 is 9.47 Å². The van der Waals surface area contributed by atoms with Gasteiger partial charge in [0.05, 0.1) is 27.2 Å². The molecule has 0 bridgehead atoms. The summed E-state index contributed by atoms with van der Waals surface area (Å²) in [5, 5.41) is 1.65. The molecule has 0 aliphatic carbocycles. The van der Waals surface area contributed by atoms with Crippen LogP contribution in [0.2, 0.25) is 10.0 Å². The number of ether oxygens (including phenoxy) is 2. The van der Waals surface area contributed by atoms with E-state index in [4.69, 9.17) is 37.7 Å². The fraction of sp³-hybridized carbons (Fsp3) is 0.214. The van der Waals surface area contributed by atoms with E-state index in [0.717, 1.165) is 16.8 Å². The number of rotatable bonds is 8. The number of amides is 1. The zero-order chi connectivity index (χ0) is 25.7. The van der Waals surface area contributed by atoms with Gasteiger partial charge in [-0.05, 0) is 86.1 Å². The average Bonchev–Trinajstić information content (AvgIpc) is 3.16. The van der Waals surface area contributed by atoms with Crippen molar-refractivity contribution >= 4 is 57.8 Å². The summed E-state index contributed by atoms with van der Waals surface area (Å²) in [6.45, 7) is 6.67. The van der Waals surface area contributed by atoms with Crippen LogP contribution in [0.1, 0.15) is 31.9 Å². The standard InChI is InChI=1S/C28H26Cl2N2O3S/c1-4-34-25-15-19(11-13-24(25)35-17-20-10-12-22(29)23(30)14-20)16-26-27(33)32(18(2)3)28(36-26)31-21-8-6-5-7-9-21/h5-16,18H,4,17H2,1-3H3/b26-16+,31-28?. The number of hydrogen-bond donors (Lipinski definition) is 0. The van der Waals surface area contributed by atoms with Crippen molar-refractivity contribution in [2.75, 3.05) is 6.61 Å². The van der Waals surface area contributed by atoms with E-state index in [1.807, 2.05) is 81.4 Å². The summed E-state index contributed by atoms with van der Waals surface area (Å²) in [6.07, 6.45) is 1.86. The van der Waals surface area contributed by atoms with Crippen LogP contribution in [0.5, 0.6) is 11.5 Å². The maximum atomic E-state index is 13.2. The van der Waals surface area contributed by atoms with Crippen LogP contribution in [-0.4, -0.2) is 28.6 Å². The Hall–Kier alpha value is -2.93. The second-order valence-electron chi connectivity index (χ2n) is 8.29. The Morgan fingerprint density at radius 2 is 1.75 bits per heavy atom. The van der Waals surface area contributed by atoms with Crippen molar-refractivity contribution in [2.45, 2.75) is 33.4 Å². The lowest BCUT2D eigenvalue weighted by Gasteiger charge is -2.19.